The molecule has 46 heavy (non-hydrogen) atoms. The van der Waals surface area contributed by atoms with E-state index in [4.69, 9.17) is 0 Å². The van der Waals surface area contributed by atoms with Crippen molar-refractivity contribution in [2.75, 3.05) is 18.0 Å². The van der Waals surface area contributed by atoms with Crippen LogP contribution in [0.5, 0.6) is 0 Å². The van der Waals surface area contributed by atoms with Gasteiger partial charge in [0.05, 0.1) is 39.0 Å². The molecular formula is C36H30N8O2. The minimum absolute atomic E-state index is 0.00245. The third-order valence-corrected chi connectivity index (χ3v) is 7.61. The minimum atomic E-state index is -0.446. The smallest absolute Gasteiger partial charge is 0.269 e. The number of benzene rings is 6. The predicted molar refractivity (Wildman–Crippen MR) is 184 cm³/mol. The first-order chi connectivity index (χ1) is 22.5. The number of nitro groups is 1. The van der Waals surface area contributed by atoms with Crippen LogP contribution >= 0.6 is 0 Å². The number of hydrogen-bond donors (Lipinski definition) is 0. The predicted octanol–water partition coefficient (Wildman–Crippen LogP) is 12.0. The molecule has 6 aromatic rings. The Balaban J connectivity index is 1.26. The molecule has 6 rings (SSSR count). The number of hydrogen-bond acceptors (Lipinski definition) is 9. The number of non-ortho nitro benzene ring substituents is 1. The third kappa shape index (κ3) is 6.51. The van der Waals surface area contributed by atoms with E-state index < -0.39 is 4.92 Å². The zero-order chi connectivity index (χ0) is 31.9. The summed E-state index contributed by atoms with van der Waals surface area (Å²) in [6.07, 6.45) is 0. The molecule has 0 spiro atoms. The summed E-state index contributed by atoms with van der Waals surface area (Å²) >= 11 is 0. The lowest BCUT2D eigenvalue weighted by Gasteiger charge is -2.20. The van der Waals surface area contributed by atoms with Gasteiger partial charge in [0.15, 0.2) is 0 Å². The Hall–Kier alpha value is -6.16. The Labute approximate surface area is 265 Å². The van der Waals surface area contributed by atoms with Crippen LogP contribution in [0.1, 0.15) is 13.8 Å². The summed E-state index contributed by atoms with van der Waals surface area (Å²) in [5.41, 5.74) is 5.26. The highest BCUT2D eigenvalue weighted by atomic mass is 16.6. The Morgan fingerprint density at radius 1 is 0.500 bits per heavy atom. The monoisotopic (exact) mass is 606 g/mol. The SMILES string of the molecule is CCN(CC)c1ccc(N=Nc2ccc(N=Nc3ccc(N=Nc4ccc([N+](=O)[O-])cc4)c4ccccc34)c3ccccc23)cc1. The van der Waals surface area contributed by atoms with E-state index in [9.17, 15) is 10.1 Å². The lowest BCUT2D eigenvalue weighted by Crippen LogP contribution is -2.21. The molecule has 0 aliphatic rings. The average molecular weight is 607 g/mol. The van der Waals surface area contributed by atoms with Crippen molar-refractivity contribution in [1.29, 1.82) is 0 Å². The van der Waals surface area contributed by atoms with E-state index in [0.717, 1.165) is 51.7 Å². The van der Waals surface area contributed by atoms with Gasteiger partial charge in [0, 0.05) is 52.5 Å². The van der Waals surface area contributed by atoms with Crippen molar-refractivity contribution in [3.8, 4) is 0 Å². The highest BCUT2D eigenvalue weighted by molar-refractivity contribution is 6.01. The van der Waals surface area contributed by atoms with Gasteiger partial charge in [0.25, 0.3) is 5.69 Å². The normalized spacial score (nSPS) is 11.8. The fraction of sp³-hybridized carbons (Fsp3) is 0.111. The number of anilines is 1. The highest BCUT2D eigenvalue weighted by Gasteiger charge is 2.09. The lowest BCUT2D eigenvalue weighted by atomic mass is 10.1. The summed E-state index contributed by atoms with van der Waals surface area (Å²) in [6, 6.07) is 37.3. The molecule has 0 saturated carbocycles. The molecule has 0 bridgehead atoms. The van der Waals surface area contributed by atoms with E-state index in [1.54, 1.807) is 12.1 Å². The minimum Gasteiger partial charge on any atom is -0.372 e. The van der Waals surface area contributed by atoms with Gasteiger partial charge < -0.3 is 4.90 Å². The molecule has 0 unspecified atom stereocenters. The molecule has 6 aromatic carbocycles. The number of azo groups is 3. The van der Waals surface area contributed by atoms with Gasteiger partial charge in [-0.3, -0.25) is 10.1 Å². The highest BCUT2D eigenvalue weighted by Crippen LogP contribution is 2.38. The molecular weight excluding hydrogens is 576 g/mol. The second-order valence-electron chi connectivity index (χ2n) is 10.4. The fourth-order valence-corrected chi connectivity index (χ4v) is 5.17. The summed E-state index contributed by atoms with van der Waals surface area (Å²) in [5, 5.41) is 41.5. The maximum Gasteiger partial charge on any atom is 0.269 e. The van der Waals surface area contributed by atoms with Gasteiger partial charge in [-0.25, -0.2) is 0 Å². The summed E-state index contributed by atoms with van der Waals surface area (Å²) in [7, 11) is 0. The first-order valence-electron chi connectivity index (χ1n) is 14.9. The van der Waals surface area contributed by atoms with Gasteiger partial charge >= 0.3 is 0 Å². The Bertz CT molecular complexity index is 2100. The number of nitro benzene ring substituents is 1. The Kier molecular flexibility index (Phi) is 8.87. The average Bonchev–Trinajstić information content (AvgIpc) is 3.10. The molecule has 10 nitrogen and oxygen atoms in total. The molecule has 0 aliphatic carbocycles. The third-order valence-electron chi connectivity index (χ3n) is 7.61. The van der Waals surface area contributed by atoms with Crippen LogP contribution in [-0.2, 0) is 0 Å². The summed E-state index contributed by atoms with van der Waals surface area (Å²) in [4.78, 5) is 12.8. The zero-order valence-electron chi connectivity index (χ0n) is 25.4. The van der Waals surface area contributed by atoms with Gasteiger partial charge in [0.1, 0.15) is 0 Å². The van der Waals surface area contributed by atoms with Crippen LogP contribution in [0.4, 0.5) is 45.5 Å². The second-order valence-corrected chi connectivity index (χ2v) is 10.4. The van der Waals surface area contributed by atoms with E-state index in [2.05, 4.69) is 61.6 Å². The van der Waals surface area contributed by atoms with Crippen molar-refractivity contribution in [2.45, 2.75) is 13.8 Å². The van der Waals surface area contributed by atoms with Crippen molar-refractivity contribution in [3.63, 3.8) is 0 Å². The van der Waals surface area contributed by atoms with Crippen LogP contribution < -0.4 is 4.90 Å². The molecule has 0 N–H and O–H groups in total. The first-order valence-corrected chi connectivity index (χ1v) is 14.9. The van der Waals surface area contributed by atoms with Crippen molar-refractivity contribution < 1.29 is 4.92 Å². The van der Waals surface area contributed by atoms with Gasteiger partial charge in [-0.1, -0.05) is 48.5 Å². The van der Waals surface area contributed by atoms with Crippen molar-refractivity contribution in [2.24, 2.45) is 30.7 Å². The Morgan fingerprint density at radius 3 is 1.20 bits per heavy atom. The van der Waals surface area contributed by atoms with Crippen LogP contribution in [-0.4, -0.2) is 18.0 Å². The van der Waals surface area contributed by atoms with E-state index >= 15 is 0 Å². The zero-order valence-corrected chi connectivity index (χ0v) is 25.4. The maximum atomic E-state index is 10.9. The maximum absolute atomic E-state index is 10.9. The van der Waals surface area contributed by atoms with Crippen LogP contribution in [0.2, 0.25) is 0 Å². The number of fused-ring (bicyclic) bond motifs is 2. The molecule has 0 atom stereocenters. The van der Waals surface area contributed by atoms with Gasteiger partial charge in [-0.05, 0) is 74.5 Å². The van der Waals surface area contributed by atoms with Gasteiger partial charge in [0.2, 0.25) is 0 Å². The van der Waals surface area contributed by atoms with Crippen LogP contribution in [0.3, 0.4) is 0 Å². The Morgan fingerprint density at radius 2 is 0.848 bits per heavy atom. The van der Waals surface area contributed by atoms with Crippen LogP contribution in [0.15, 0.2) is 152 Å². The summed E-state index contributed by atoms with van der Waals surface area (Å²) in [6.45, 7) is 6.19. The van der Waals surface area contributed by atoms with Crippen molar-refractivity contribution in [3.05, 3.63) is 131 Å². The molecule has 0 fully saturated rings. The van der Waals surface area contributed by atoms with Gasteiger partial charge in [-0.15, -0.1) is 20.5 Å². The molecule has 0 aromatic heterocycles. The molecule has 0 saturated heterocycles. The number of nitrogens with zero attached hydrogens (tertiary/aromatic N) is 8. The first kappa shape index (κ1) is 29.9. The standard InChI is InChI=1S/C36H30N8O2/c1-3-43(4-2)27-17-13-25(14-18-27)37-39-33-21-23-35(31-11-7-5-9-29(31)33)41-42-36-24-22-34(30-10-6-8-12-32(30)36)40-38-26-15-19-28(20-16-26)44(45)46/h5-24H,3-4H2,1-2H3. The topological polar surface area (TPSA) is 121 Å². The van der Waals surface area contributed by atoms with Crippen LogP contribution in [0, 0.1) is 10.1 Å². The van der Waals surface area contributed by atoms with Gasteiger partial charge in [-0.2, -0.15) is 10.2 Å². The second kappa shape index (κ2) is 13.6. The fourth-order valence-electron chi connectivity index (χ4n) is 5.17. The van der Waals surface area contributed by atoms with Crippen molar-refractivity contribution in [1.82, 2.24) is 0 Å². The van der Waals surface area contributed by atoms with E-state index in [1.165, 1.54) is 12.1 Å². The molecule has 226 valence electrons. The lowest BCUT2D eigenvalue weighted by molar-refractivity contribution is -0.384. The quantitative estimate of drug-likeness (QED) is 0.0875. The summed E-state index contributed by atoms with van der Waals surface area (Å²) < 4.78 is 0. The van der Waals surface area contributed by atoms with E-state index in [-0.39, 0.29) is 5.69 Å². The van der Waals surface area contributed by atoms with Crippen LogP contribution in [0.25, 0.3) is 21.5 Å². The molecule has 0 heterocycles. The molecule has 10 heteroatoms. The number of rotatable bonds is 10. The van der Waals surface area contributed by atoms with E-state index in [0.29, 0.717) is 22.7 Å². The molecule has 0 aliphatic heterocycles. The molecule has 0 amide bonds. The summed E-state index contributed by atoms with van der Waals surface area (Å²) in [5.74, 6) is 0. The molecule has 0 radical (unpaired) electrons. The largest absolute Gasteiger partial charge is 0.372 e. The van der Waals surface area contributed by atoms with Crippen molar-refractivity contribution >= 4 is 67.0 Å². The van der Waals surface area contributed by atoms with E-state index in [1.807, 2.05) is 84.9 Å².